The second-order valence-corrected chi connectivity index (χ2v) is 7.25. The third kappa shape index (κ3) is 7.56. The van der Waals surface area contributed by atoms with Crippen LogP contribution in [0.25, 0.3) is 5.69 Å². The van der Waals surface area contributed by atoms with Gasteiger partial charge in [-0.2, -0.15) is 10.4 Å². The summed E-state index contributed by atoms with van der Waals surface area (Å²) in [6.45, 7) is 13.6. The lowest BCUT2D eigenvalue weighted by Crippen LogP contribution is -2.38. The maximum atomic E-state index is 8.92. The van der Waals surface area contributed by atoms with Gasteiger partial charge in [0.15, 0.2) is 0 Å². The van der Waals surface area contributed by atoms with Gasteiger partial charge in [0.2, 0.25) is 0 Å². The lowest BCUT2D eigenvalue weighted by molar-refractivity contribution is 0.116. The molecule has 1 aliphatic rings. The highest BCUT2D eigenvalue weighted by atomic mass is 15.3. The standard InChI is InChI=1S/C18H22N4.C3H8.C2H6/c1-18(7-10-19)8-13-21(14-9-18)15-16-3-5-17(6-4-16)22-12-2-11-20-22;1-3-2;1-2/h2-6,11-12H,7-9,13-15H2,1H3;3H2,1-2H3;1-2H3. The average Bonchev–Trinajstić information content (AvgIpc) is 3.22. The Bertz CT molecular complexity index is 645. The van der Waals surface area contributed by atoms with Gasteiger partial charge in [0, 0.05) is 25.4 Å². The van der Waals surface area contributed by atoms with E-state index in [9.17, 15) is 0 Å². The number of piperidine rings is 1. The summed E-state index contributed by atoms with van der Waals surface area (Å²) < 4.78 is 1.87. The lowest BCUT2D eigenvalue weighted by Gasteiger charge is -2.38. The Morgan fingerprint density at radius 3 is 2.19 bits per heavy atom. The van der Waals surface area contributed by atoms with Gasteiger partial charge in [-0.15, -0.1) is 0 Å². The number of rotatable bonds is 4. The van der Waals surface area contributed by atoms with E-state index in [4.69, 9.17) is 5.26 Å². The van der Waals surface area contributed by atoms with Gasteiger partial charge in [-0.1, -0.05) is 53.2 Å². The molecule has 0 saturated carbocycles. The molecule has 1 saturated heterocycles. The summed E-state index contributed by atoms with van der Waals surface area (Å²) in [4.78, 5) is 2.49. The van der Waals surface area contributed by atoms with Crippen LogP contribution in [0.15, 0.2) is 42.7 Å². The summed E-state index contributed by atoms with van der Waals surface area (Å²) in [5, 5.41) is 13.2. The molecule has 0 unspecified atom stereocenters. The second-order valence-electron chi connectivity index (χ2n) is 7.25. The quantitative estimate of drug-likeness (QED) is 0.682. The molecule has 0 spiro atoms. The Labute approximate surface area is 165 Å². The number of benzene rings is 1. The molecule has 1 aliphatic heterocycles. The maximum Gasteiger partial charge on any atom is 0.0645 e. The van der Waals surface area contributed by atoms with Crippen molar-refractivity contribution in [3.63, 3.8) is 0 Å². The van der Waals surface area contributed by atoms with Gasteiger partial charge in [-0.05, 0) is 55.1 Å². The van der Waals surface area contributed by atoms with Crippen LogP contribution in [0.3, 0.4) is 0 Å². The number of nitrogens with zero attached hydrogens (tertiary/aromatic N) is 4. The zero-order valence-corrected chi connectivity index (χ0v) is 17.8. The maximum absolute atomic E-state index is 8.92. The molecule has 0 radical (unpaired) electrons. The van der Waals surface area contributed by atoms with Crippen LogP contribution in [0.5, 0.6) is 0 Å². The smallest absolute Gasteiger partial charge is 0.0645 e. The predicted octanol–water partition coefficient (Wildman–Crippen LogP) is 5.83. The molecule has 2 heterocycles. The molecule has 1 aromatic carbocycles. The van der Waals surface area contributed by atoms with Crippen molar-refractivity contribution in [1.82, 2.24) is 14.7 Å². The van der Waals surface area contributed by atoms with Crippen LogP contribution in [0, 0.1) is 16.7 Å². The fourth-order valence-electron chi connectivity index (χ4n) is 3.05. The molecule has 4 nitrogen and oxygen atoms in total. The van der Waals surface area contributed by atoms with Crippen molar-refractivity contribution in [3.8, 4) is 11.8 Å². The second kappa shape index (κ2) is 12.3. The topological polar surface area (TPSA) is 44.9 Å². The highest BCUT2D eigenvalue weighted by molar-refractivity contribution is 5.33. The first-order valence-corrected chi connectivity index (χ1v) is 10.3. The van der Waals surface area contributed by atoms with Gasteiger partial charge in [-0.3, -0.25) is 4.90 Å². The monoisotopic (exact) mass is 368 g/mol. The SMILES string of the molecule is CC.CC1(CC#N)CCN(Cc2ccc(-n3cccn3)cc2)CC1.CCC. The average molecular weight is 369 g/mol. The normalized spacial score (nSPS) is 15.6. The molecule has 3 rings (SSSR count). The van der Waals surface area contributed by atoms with E-state index >= 15 is 0 Å². The molecule has 1 aromatic heterocycles. The molecular formula is C23H36N4. The summed E-state index contributed by atoms with van der Waals surface area (Å²) in [6, 6.07) is 12.9. The van der Waals surface area contributed by atoms with Crippen molar-refractivity contribution in [3.05, 3.63) is 48.3 Å². The first kappa shape index (κ1) is 22.9. The third-order valence-electron chi connectivity index (χ3n) is 4.68. The fraction of sp³-hybridized carbons (Fsp3) is 0.565. The summed E-state index contributed by atoms with van der Waals surface area (Å²) in [5.74, 6) is 0. The first-order valence-electron chi connectivity index (χ1n) is 10.3. The number of hydrogen-bond acceptors (Lipinski definition) is 3. The predicted molar refractivity (Wildman–Crippen MR) is 114 cm³/mol. The van der Waals surface area contributed by atoms with Crippen molar-refractivity contribution in [1.29, 1.82) is 5.26 Å². The Morgan fingerprint density at radius 1 is 1.11 bits per heavy atom. The minimum atomic E-state index is 0.217. The number of likely N-dealkylation sites (tertiary alicyclic amines) is 1. The molecule has 2 aromatic rings. The summed E-state index contributed by atoms with van der Waals surface area (Å²) >= 11 is 0. The minimum absolute atomic E-state index is 0.217. The Balaban J connectivity index is 0.000000665. The fourth-order valence-corrected chi connectivity index (χ4v) is 3.05. The molecule has 0 bridgehead atoms. The van der Waals surface area contributed by atoms with Crippen LogP contribution in [-0.4, -0.2) is 27.8 Å². The number of aromatic nitrogens is 2. The summed E-state index contributed by atoms with van der Waals surface area (Å²) in [7, 11) is 0. The first-order chi connectivity index (χ1) is 13.1. The van der Waals surface area contributed by atoms with Gasteiger partial charge in [-0.25, -0.2) is 4.68 Å². The molecule has 0 N–H and O–H groups in total. The Kier molecular flexibility index (Phi) is 10.4. The molecule has 27 heavy (non-hydrogen) atoms. The van der Waals surface area contributed by atoms with Crippen LogP contribution in [0.2, 0.25) is 0 Å². The van der Waals surface area contributed by atoms with Crippen molar-refractivity contribution < 1.29 is 0 Å². The highest BCUT2D eigenvalue weighted by Gasteiger charge is 2.29. The molecule has 4 heteroatoms. The Morgan fingerprint density at radius 2 is 1.70 bits per heavy atom. The van der Waals surface area contributed by atoms with E-state index in [-0.39, 0.29) is 5.41 Å². The van der Waals surface area contributed by atoms with Crippen LogP contribution in [-0.2, 0) is 6.54 Å². The molecule has 148 valence electrons. The van der Waals surface area contributed by atoms with Crippen LogP contribution >= 0.6 is 0 Å². The van der Waals surface area contributed by atoms with Crippen LogP contribution < -0.4 is 0 Å². The van der Waals surface area contributed by atoms with Gasteiger partial charge in [0.05, 0.1) is 11.8 Å². The zero-order valence-electron chi connectivity index (χ0n) is 17.8. The van der Waals surface area contributed by atoms with E-state index in [1.54, 1.807) is 6.20 Å². The van der Waals surface area contributed by atoms with E-state index in [0.29, 0.717) is 6.42 Å². The minimum Gasteiger partial charge on any atom is -0.299 e. The van der Waals surface area contributed by atoms with E-state index < -0.39 is 0 Å². The van der Waals surface area contributed by atoms with Gasteiger partial charge in [0.1, 0.15) is 0 Å². The van der Waals surface area contributed by atoms with E-state index in [1.807, 2.05) is 30.8 Å². The zero-order chi connectivity index (χ0) is 20.1. The van der Waals surface area contributed by atoms with Gasteiger partial charge < -0.3 is 0 Å². The van der Waals surface area contributed by atoms with Gasteiger partial charge >= 0.3 is 0 Å². The lowest BCUT2D eigenvalue weighted by atomic mass is 9.78. The molecular weight excluding hydrogens is 332 g/mol. The van der Waals surface area contributed by atoms with E-state index in [2.05, 4.69) is 61.1 Å². The highest BCUT2D eigenvalue weighted by Crippen LogP contribution is 2.34. The molecule has 0 amide bonds. The van der Waals surface area contributed by atoms with Crippen molar-refractivity contribution in [2.45, 2.75) is 66.8 Å². The number of hydrogen-bond donors (Lipinski definition) is 0. The molecule has 0 aliphatic carbocycles. The summed E-state index contributed by atoms with van der Waals surface area (Å²) in [6.07, 6.45) is 7.91. The van der Waals surface area contributed by atoms with Crippen molar-refractivity contribution in [2.24, 2.45) is 5.41 Å². The Hall–Kier alpha value is -2.12. The third-order valence-corrected chi connectivity index (χ3v) is 4.68. The summed E-state index contributed by atoms with van der Waals surface area (Å²) in [5.41, 5.74) is 2.64. The van der Waals surface area contributed by atoms with Crippen LogP contribution in [0.4, 0.5) is 0 Å². The molecule has 0 atom stereocenters. The van der Waals surface area contributed by atoms with Gasteiger partial charge in [0.25, 0.3) is 0 Å². The largest absolute Gasteiger partial charge is 0.299 e. The van der Waals surface area contributed by atoms with E-state index in [0.717, 1.165) is 38.2 Å². The van der Waals surface area contributed by atoms with E-state index in [1.165, 1.54) is 12.0 Å². The van der Waals surface area contributed by atoms with Crippen LogP contribution in [0.1, 0.15) is 65.9 Å². The van der Waals surface area contributed by atoms with Crippen molar-refractivity contribution in [2.75, 3.05) is 13.1 Å². The number of nitriles is 1. The van der Waals surface area contributed by atoms with Crippen molar-refractivity contribution >= 4 is 0 Å². The molecule has 1 fully saturated rings.